The molecule has 0 atom stereocenters. The number of halogens is 2. The molecule has 2 saturated heterocycles. The van der Waals surface area contributed by atoms with E-state index in [1.165, 1.54) is 0 Å². The highest BCUT2D eigenvalue weighted by Crippen LogP contribution is 2.33. The van der Waals surface area contributed by atoms with E-state index >= 15 is 0 Å². The van der Waals surface area contributed by atoms with Crippen LogP contribution in [0.3, 0.4) is 0 Å². The standard InChI is InChI=1S/C18H22F2N6O3S/c19-18(20)3-5-25(6-4-18)30(27,28)24-14-11-26-15(23-14)10-22-17-16(26)13(9-21-17)12-1-7-29-8-2-12/h9-12,21,24H,1-8H2. The van der Waals surface area contributed by atoms with E-state index in [2.05, 4.69) is 19.7 Å². The molecule has 9 nitrogen and oxygen atoms in total. The van der Waals surface area contributed by atoms with Gasteiger partial charge in [0.15, 0.2) is 17.1 Å². The van der Waals surface area contributed by atoms with Crippen molar-refractivity contribution in [2.75, 3.05) is 31.0 Å². The van der Waals surface area contributed by atoms with Crippen LogP contribution in [0.4, 0.5) is 14.6 Å². The van der Waals surface area contributed by atoms with Crippen LogP contribution < -0.4 is 4.72 Å². The molecular weight excluding hydrogens is 418 g/mol. The van der Waals surface area contributed by atoms with Gasteiger partial charge in [-0.25, -0.2) is 18.7 Å². The summed E-state index contributed by atoms with van der Waals surface area (Å²) in [5.41, 5.74) is 3.14. The first kappa shape index (κ1) is 19.6. The van der Waals surface area contributed by atoms with E-state index in [1.54, 1.807) is 12.4 Å². The second kappa shape index (κ2) is 7.13. The molecule has 0 aliphatic carbocycles. The van der Waals surface area contributed by atoms with Gasteiger partial charge in [0.1, 0.15) is 0 Å². The summed E-state index contributed by atoms with van der Waals surface area (Å²) >= 11 is 0. The molecule has 0 bridgehead atoms. The Morgan fingerprint density at radius 2 is 1.97 bits per heavy atom. The summed E-state index contributed by atoms with van der Waals surface area (Å²) in [7, 11) is -3.98. The number of hydrogen-bond donors (Lipinski definition) is 2. The Labute approximate surface area is 171 Å². The lowest BCUT2D eigenvalue weighted by Crippen LogP contribution is -2.45. The maximum absolute atomic E-state index is 13.4. The van der Waals surface area contributed by atoms with Crippen molar-refractivity contribution < 1.29 is 21.9 Å². The summed E-state index contributed by atoms with van der Waals surface area (Å²) in [5.74, 6) is -2.38. The molecule has 0 amide bonds. The normalized spacial score (nSPS) is 21.4. The van der Waals surface area contributed by atoms with Crippen molar-refractivity contribution >= 4 is 32.8 Å². The zero-order chi connectivity index (χ0) is 20.9. The molecule has 2 aliphatic heterocycles. The average Bonchev–Trinajstić information content (AvgIpc) is 3.31. The maximum Gasteiger partial charge on any atom is 0.302 e. The smallest absolute Gasteiger partial charge is 0.302 e. The molecule has 5 rings (SSSR count). The van der Waals surface area contributed by atoms with Crippen molar-refractivity contribution in [3.63, 3.8) is 0 Å². The number of alkyl halides is 2. The van der Waals surface area contributed by atoms with Crippen molar-refractivity contribution in [3.8, 4) is 0 Å². The average molecular weight is 440 g/mol. The van der Waals surface area contributed by atoms with Crippen molar-refractivity contribution in [3.05, 3.63) is 24.2 Å². The number of imidazole rings is 1. The quantitative estimate of drug-likeness (QED) is 0.649. The Bertz CT molecular complexity index is 1180. The van der Waals surface area contributed by atoms with Crippen molar-refractivity contribution in [2.24, 2.45) is 0 Å². The van der Waals surface area contributed by atoms with Crippen molar-refractivity contribution in [1.29, 1.82) is 0 Å². The highest BCUT2D eigenvalue weighted by Gasteiger charge is 2.38. The molecule has 5 heterocycles. The van der Waals surface area contributed by atoms with Gasteiger partial charge in [-0.1, -0.05) is 0 Å². The molecule has 0 spiro atoms. The fraction of sp³-hybridized carbons (Fsp3) is 0.556. The number of aromatic nitrogens is 4. The van der Waals surface area contributed by atoms with Crippen LogP contribution in [-0.2, 0) is 14.9 Å². The van der Waals surface area contributed by atoms with Gasteiger partial charge >= 0.3 is 10.2 Å². The highest BCUT2D eigenvalue weighted by molar-refractivity contribution is 7.90. The van der Waals surface area contributed by atoms with E-state index in [0.29, 0.717) is 30.4 Å². The van der Waals surface area contributed by atoms with E-state index in [0.717, 1.165) is 28.2 Å². The Balaban J connectivity index is 1.46. The lowest BCUT2D eigenvalue weighted by molar-refractivity contribution is -0.0411. The van der Waals surface area contributed by atoms with Gasteiger partial charge in [0.05, 0.1) is 17.9 Å². The SMILES string of the molecule is O=S(=O)(Nc1cn2c(cnc3[nH]cc(C4CCOCC4)c32)n1)N1CCC(F)(F)CC1. The molecule has 0 aromatic carbocycles. The fourth-order valence-electron chi connectivity index (χ4n) is 4.18. The number of fused-ring (bicyclic) bond motifs is 3. The third-order valence-electron chi connectivity index (χ3n) is 5.83. The number of piperidine rings is 1. The van der Waals surface area contributed by atoms with Crippen LogP contribution in [0.15, 0.2) is 18.6 Å². The summed E-state index contributed by atoms with van der Waals surface area (Å²) in [4.78, 5) is 11.9. The van der Waals surface area contributed by atoms with Gasteiger partial charge in [-0.15, -0.1) is 0 Å². The Morgan fingerprint density at radius 3 is 2.70 bits per heavy atom. The summed E-state index contributed by atoms with van der Waals surface area (Å²) < 4.78 is 62.8. The Kier molecular flexibility index (Phi) is 4.67. The van der Waals surface area contributed by atoms with Crippen LogP contribution in [0.1, 0.15) is 37.2 Å². The molecule has 162 valence electrons. The minimum Gasteiger partial charge on any atom is -0.381 e. The van der Waals surface area contributed by atoms with E-state index in [1.807, 2.05) is 10.6 Å². The molecule has 2 aliphatic rings. The number of aromatic amines is 1. The summed E-state index contributed by atoms with van der Waals surface area (Å²) in [6, 6.07) is 0. The predicted octanol–water partition coefficient (Wildman–Crippen LogP) is 2.49. The number of hydrogen-bond acceptors (Lipinski definition) is 5. The van der Waals surface area contributed by atoms with Crippen LogP contribution in [-0.4, -0.2) is 64.3 Å². The minimum atomic E-state index is -3.98. The van der Waals surface area contributed by atoms with Crippen molar-refractivity contribution in [2.45, 2.75) is 37.5 Å². The molecular formula is C18H22F2N6O3S. The molecule has 0 unspecified atom stereocenters. The number of rotatable bonds is 4. The van der Waals surface area contributed by atoms with E-state index in [-0.39, 0.29) is 18.9 Å². The number of nitrogens with one attached hydrogen (secondary N) is 2. The van der Waals surface area contributed by atoms with Crippen LogP contribution in [0, 0.1) is 0 Å². The van der Waals surface area contributed by atoms with Gasteiger partial charge in [0.2, 0.25) is 0 Å². The fourth-order valence-corrected chi connectivity index (χ4v) is 5.33. The summed E-state index contributed by atoms with van der Waals surface area (Å²) in [6.07, 6.45) is 5.93. The van der Waals surface area contributed by atoms with Crippen LogP contribution in [0.2, 0.25) is 0 Å². The van der Waals surface area contributed by atoms with Crippen molar-refractivity contribution in [1.82, 2.24) is 23.7 Å². The third-order valence-corrected chi connectivity index (χ3v) is 7.35. The Hall–Kier alpha value is -2.31. The lowest BCUT2D eigenvalue weighted by Gasteiger charge is -2.30. The van der Waals surface area contributed by atoms with Gasteiger partial charge in [0.25, 0.3) is 5.92 Å². The van der Waals surface area contributed by atoms with Gasteiger partial charge < -0.3 is 9.72 Å². The number of anilines is 1. The second-order valence-corrected chi connectivity index (χ2v) is 9.47. The van der Waals surface area contributed by atoms with Gasteiger partial charge in [0, 0.05) is 45.3 Å². The van der Waals surface area contributed by atoms with Crippen LogP contribution in [0.5, 0.6) is 0 Å². The molecule has 2 fully saturated rings. The van der Waals surface area contributed by atoms with E-state index < -0.39 is 29.0 Å². The van der Waals surface area contributed by atoms with Crippen LogP contribution >= 0.6 is 0 Å². The third kappa shape index (κ3) is 3.52. The topological polar surface area (TPSA) is 105 Å². The predicted molar refractivity (Wildman–Crippen MR) is 106 cm³/mol. The minimum absolute atomic E-state index is 0.126. The molecule has 2 N–H and O–H groups in total. The molecule has 30 heavy (non-hydrogen) atoms. The zero-order valence-electron chi connectivity index (χ0n) is 16.1. The van der Waals surface area contributed by atoms with Crippen LogP contribution in [0.25, 0.3) is 16.8 Å². The molecule has 3 aromatic rings. The van der Waals surface area contributed by atoms with E-state index in [9.17, 15) is 17.2 Å². The second-order valence-electron chi connectivity index (χ2n) is 7.80. The van der Waals surface area contributed by atoms with Gasteiger partial charge in [-0.3, -0.25) is 9.12 Å². The molecule has 0 saturated carbocycles. The monoisotopic (exact) mass is 440 g/mol. The highest BCUT2D eigenvalue weighted by atomic mass is 32.2. The Morgan fingerprint density at radius 1 is 1.23 bits per heavy atom. The molecule has 3 aromatic heterocycles. The first-order chi connectivity index (χ1) is 14.3. The summed E-state index contributed by atoms with van der Waals surface area (Å²) in [6.45, 7) is 0.940. The lowest BCUT2D eigenvalue weighted by atomic mass is 9.93. The number of nitrogens with zero attached hydrogens (tertiary/aromatic N) is 4. The zero-order valence-corrected chi connectivity index (χ0v) is 17.0. The van der Waals surface area contributed by atoms with Gasteiger partial charge in [-0.2, -0.15) is 12.7 Å². The van der Waals surface area contributed by atoms with E-state index in [4.69, 9.17) is 4.74 Å². The first-order valence-electron chi connectivity index (χ1n) is 9.91. The van der Waals surface area contributed by atoms with Gasteiger partial charge in [-0.05, 0) is 24.3 Å². The number of H-pyrrole nitrogens is 1. The number of ether oxygens (including phenoxy) is 1. The molecule has 0 radical (unpaired) electrons. The largest absolute Gasteiger partial charge is 0.381 e. The maximum atomic E-state index is 13.4. The summed E-state index contributed by atoms with van der Waals surface area (Å²) in [5, 5.41) is 0. The first-order valence-corrected chi connectivity index (χ1v) is 11.3. The molecule has 12 heteroatoms.